The molecular formula is C29H39N3O5S. The first kappa shape index (κ1) is 28.1. The Bertz CT molecular complexity index is 1190. The molecule has 0 aromatic heterocycles. The van der Waals surface area contributed by atoms with Gasteiger partial charge in [0.05, 0.1) is 16.9 Å². The SMILES string of the molecule is CC(C)(C)OC(=O)N1CCC(CNC(=O)C2CCC(c3ccccc3)N(S(=O)(=O)c3ccccc3)C2)CC1. The molecule has 8 nitrogen and oxygen atoms in total. The van der Waals surface area contributed by atoms with Crippen LogP contribution in [0.25, 0.3) is 0 Å². The number of benzene rings is 2. The zero-order valence-electron chi connectivity index (χ0n) is 22.5. The highest BCUT2D eigenvalue weighted by atomic mass is 32.2. The molecule has 2 aliphatic rings. The van der Waals surface area contributed by atoms with Crippen LogP contribution in [0.1, 0.15) is 58.1 Å². The van der Waals surface area contributed by atoms with E-state index < -0.39 is 21.5 Å². The third kappa shape index (κ3) is 6.94. The summed E-state index contributed by atoms with van der Waals surface area (Å²) in [6.07, 6.45) is 2.46. The second-order valence-corrected chi connectivity index (χ2v) is 13.1. The summed E-state index contributed by atoms with van der Waals surface area (Å²) in [4.78, 5) is 27.5. The van der Waals surface area contributed by atoms with Crippen molar-refractivity contribution in [1.82, 2.24) is 14.5 Å². The number of nitrogens with one attached hydrogen (secondary N) is 1. The van der Waals surface area contributed by atoms with Gasteiger partial charge in [-0.25, -0.2) is 13.2 Å². The van der Waals surface area contributed by atoms with E-state index in [0.29, 0.717) is 32.5 Å². The largest absolute Gasteiger partial charge is 0.444 e. The molecule has 0 bridgehead atoms. The zero-order valence-corrected chi connectivity index (χ0v) is 23.3. The summed E-state index contributed by atoms with van der Waals surface area (Å²) in [6, 6.07) is 17.7. The normalized spacial score (nSPS) is 21.6. The second kappa shape index (κ2) is 11.9. The standard InChI is InChI=1S/C29H39N3O5S/c1-29(2,3)37-28(34)31-18-16-22(17-19-31)20-30-27(33)24-14-15-26(23-10-6-4-7-11-23)32(21-24)38(35,36)25-12-8-5-9-13-25/h4-13,22,24,26H,14-21H2,1-3H3,(H,30,33). The summed E-state index contributed by atoms with van der Waals surface area (Å²) in [5.74, 6) is -0.267. The van der Waals surface area contributed by atoms with Gasteiger partial charge in [-0.3, -0.25) is 4.79 Å². The van der Waals surface area contributed by atoms with Gasteiger partial charge in [0, 0.05) is 26.2 Å². The topological polar surface area (TPSA) is 96.0 Å². The van der Waals surface area contributed by atoms with Gasteiger partial charge in [-0.15, -0.1) is 0 Å². The van der Waals surface area contributed by atoms with Crippen LogP contribution in [0.3, 0.4) is 0 Å². The molecule has 2 unspecified atom stereocenters. The first-order valence-electron chi connectivity index (χ1n) is 13.4. The van der Waals surface area contributed by atoms with E-state index in [1.165, 1.54) is 4.31 Å². The lowest BCUT2D eigenvalue weighted by Crippen LogP contribution is -2.48. The zero-order chi connectivity index (χ0) is 27.3. The summed E-state index contributed by atoms with van der Waals surface area (Å²) >= 11 is 0. The van der Waals surface area contributed by atoms with Crippen molar-refractivity contribution in [2.45, 2.75) is 63.0 Å². The van der Waals surface area contributed by atoms with Gasteiger partial charge in [0.25, 0.3) is 0 Å². The number of rotatable bonds is 6. The molecule has 1 N–H and O–H groups in total. The van der Waals surface area contributed by atoms with Crippen LogP contribution in [0.2, 0.25) is 0 Å². The summed E-state index contributed by atoms with van der Waals surface area (Å²) < 4.78 is 34.3. The number of carbonyl (C=O) groups excluding carboxylic acids is 2. The van der Waals surface area contributed by atoms with Gasteiger partial charge in [0.1, 0.15) is 5.60 Å². The molecule has 9 heteroatoms. The quantitative estimate of drug-likeness (QED) is 0.577. The first-order chi connectivity index (χ1) is 18.0. The summed E-state index contributed by atoms with van der Waals surface area (Å²) in [5, 5.41) is 3.08. The average Bonchev–Trinajstić information content (AvgIpc) is 2.91. The molecule has 4 rings (SSSR count). The Labute approximate surface area is 226 Å². The molecule has 2 fully saturated rings. The van der Waals surface area contributed by atoms with E-state index >= 15 is 0 Å². The summed E-state index contributed by atoms with van der Waals surface area (Å²) in [5.41, 5.74) is 0.408. The van der Waals surface area contributed by atoms with Crippen LogP contribution in [0.4, 0.5) is 4.79 Å². The van der Waals surface area contributed by atoms with Crippen LogP contribution < -0.4 is 5.32 Å². The molecule has 2 aliphatic heterocycles. The highest BCUT2D eigenvalue weighted by Gasteiger charge is 2.40. The lowest BCUT2D eigenvalue weighted by molar-refractivity contribution is -0.126. The number of hydrogen-bond donors (Lipinski definition) is 1. The number of amides is 2. The molecule has 0 saturated carbocycles. The van der Waals surface area contributed by atoms with Gasteiger partial charge in [0.2, 0.25) is 15.9 Å². The molecule has 2 amide bonds. The first-order valence-corrected chi connectivity index (χ1v) is 14.9. The van der Waals surface area contributed by atoms with Crippen molar-refractivity contribution in [3.05, 3.63) is 66.2 Å². The van der Waals surface area contributed by atoms with Crippen LogP contribution in [-0.4, -0.2) is 61.4 Å². The molecule has 0 radical (unpaired) electrons. The Kier molecular flexibility index (Phi) is 8.78. The van der Waals surface area contributed by atoms with Crippen molar-refractivity contribution in [2.75, 3.05) is 26.2 Å². The third-order valence-corrected chi connectivity index (χ3v) is 9.16. The Balaban J connectivity index is 1.37. The van der Waals surface area contributed by atoms with E-state index in [-0.39, 0.29) is 35.4 Å². The van der Waals surface area contributed by atoms with E-state index in [4.69, 9.17) is 4.74 Å². The molecular weight excluding hydrogens is 502 g/mol. The highest BCUT2D eigenvalue weighted by molar-refractivity contribution is 7.89. The second-order valence-electron chi connectivity index (χ2n) is 11.2. The number of nitrogens with zero attached hydrogens (tertiary/aromatic N) is 2. The van der Waals surface area contributed by atoms with Crippen molar-refractivity contribution in [3.63, 3.8) is 0 Å². The van der Waals surface area contributed by atoms with Gasteiger partial charge < -0.3 is 15.0 Å². The minimum Gasteiger partial charge on any atom is -0.444 e. The van der Waals surface area contributed by atoms with Gasteiger partial charge in [-0.1, -0.05) is 48.5 Å². The number of piperidine rings is 2. The fourth-order valence-corrected chi connectivity index (χ4v) is 6.90. The predicted octanol–water partition coefficient (Wildman–Crippen LogP) is 4.59. The molecule has 2 aromatic carbocycles. The summed E-state index contributed by atoms with van der Waals surface area (Å²) in [7, 11) is -3.78. The highest BCUT2D eigenvalue weighted by Crippen LogP contribution is 2.37. The third-order valence-electron chi connectivity index (χ3n) is 7.27. The lowest BCUT2D eigenvalue weighted by Gasteiger charge is -2.38. The number of hydrogen-bond acceptors (Lipinski definition) is 5. The fraction of sp³-hybridized carbons (Fsp3) is 0.517. The number of likely N-dealkylation sites (tertiary alicyclic amines) is 1. The molecule has 2 saturated heterocycles. The number of sulfonamides is 1. The molecule has 2 atom stereocenters. The van der Waals surface area contributed by atoms with Crippen molar-refractivity contribution >= 4 is 22.0 Å². The Hall–Kier alpha value is -2.91. The van der Waals surface area contributed by atoms with Crippen LogP contribution in [-0.2, 0) is 19.6 Å². The van der Waals surface area contributed by atoms with Crippen LogP contribution >= 0.6 is 0 Å². The molecule has 38 heavy (non-hydrogen) atoms. The van der Waals surface area contributed by atoms with Crippen molar-refractivity contribution in [2.24, 2.45) is 11.8 Å². The summed E-state index contributed by atoms with van der Waals surface area (Å²) in [6.45, 7) is 7.42. The smallest absolute Gasteiger partial charge is 0.410 e. The van der Waals surface area contributed by atoms with E-state index in [9.17, 15) is 18.0 Å². The van der Waals surface area contributed by atoms with Gasteiger partial charge in [0.15, 0.2) is 0 Å². The Morgan fingerprint density at radius 3 is 2.13 bits per heavy atom. The maximum atomic E-state index is 13.7. The Morgan fingerprint density at radius 1 is 0.921 bits per heavy atom. The van der Waals surface area contributed by atoms with Crippen molar-refractivity contribution in [3.8, 4) is 0 Å². The average molecular weight is 542 g/mol. The molecule has 2 heterocycles. The van der Waals surface area contributed by atoms with Crippen LogP contribution in [0, 0.1) is 11.8 Å². The monoisotopic (exact) mass is 541 g/mol. The van der Waals surface area contributed by atoms with Gasteiger partial charge in [-0.2, -0.15) is 4.31 Å². The fourth-order valence-electron chi connectivity index (χ4n) is 5.19. The van der Waals surface area contributed by atoms with E-state index in [1.807, 2.05) is 51.1 Å². The maximum Gasteiger partial charge on any atom is 0.410 e. The lowest BCUT2D eigenvalue weighted by atomic mass is 9.90. The van der Waals surface area contributed by atoms with Crippen molar-refractivity contribution in [1.29, 1.82) is 0 Å². The van der Waals surface area contributed by atoms with Gasteiger partial charge in [-0.05, 0) is 70.1 Å². The van der Waals surface area contributed by atoms with E-state index in [2.05, 4.69) is 5.32 Å². The van der Waals surface area contributed by atoms with E-state index in [1.54, 1.807) is 35.2 Å². The molecule has 206 valence electrons. The maximum absolute atomic E-state index is 13.7. The molecule has 0 aliphatic carbocycles. The number of carbonyl (C=O) groups is 2. The molecule has 2 aromatic rings. The number of ether oxygens (including phenoxy) is 1. The molecule has 0 spiro atoms. The Morgan fingerprint density at radius 2 is 1.53 bits per heavy atom. The van der Waals surface area contributed by atoms with Crippen LogP contribution in [0.15, 0.2) is 65.6 Å². The van der Waals surface area contributed by atoms with Crippen molar-refractivity contribution < 1.29 is 22.7 Å². The minimum atomic E-state index is -3.78. The van der Waals surface area contributed by atoms with E-state index in [0.717, 1.165) is 18.4 Å². The van der Waals surface area contributed by atoms with Crippen LogP contribution in [0.5, 0.6) is 0 Å². The predicted molar refractivity (Wildman–Crippen MR) is 146 cm³/mol. The minimum absolute atomic E-state index is 0.112. The van der Waals surface area contributed by atoms with Gasteiger partial charge >= 0.3 is 6.09 Å².